The van der Waals surface area contributed by atoms with Crippen molar-refractivity contribution >= 4 is 5.82 Å². The fraction of sp³-hybridized carbons (Fsp3) is 0.389. The first-order chi connectivity index (χ1) is 10.2. The number of hydrogen-bond acceptors (Lipinski definition) is 3. The Morgan fingerprint density at radius 3 is 2.71 bits per heavy atom. The summed E-state index contributed by atoms with van der Waals surface area (Å²) in [6.45, 7) is 7.14. The topological polar surface area (TPSA) is 28.2 Å². The van der Waals surface area contributed by atoms with Crippen LogP contribution >= 0.6 is 0 Å². The van der Waals surface area contributed by atoms with Gasteiger partial charge in [-0.05, 0) is 50.1 Å². The normalized spacial score (nSPS) is 14.1. The Morgan fingerprint density at radius 1 is 1.19 bits per heavy atom. The fourth-order valence-corrected chi connectivity index (χ4v) is 3.18. The minimum Gasteiger partial charge on any atom is -0.352 e. The molecule has 21 heavy (non-hydrogen) atoms. The molecular weight excluding hydrogens is 258 g/mol. The highest BCUT2D eigenvalue weighted by Gasteiger charge is 2.20. The minimum absolute atomic E-state index is 0.868. The summed E-state index contributed by atoms with van der Waals surface area (Å²) < 4.78 is 0. The van der Waals surface area contributed by atoms with E-state index in [1.807, 2.05) is 7.05 Å². The molecule has 0 fully saturated rings. The number of aryl methyl sites for hydroxylation is 2. The third kappa shape index (κ3) is 2.79. The Balaban J connectivity index is 1.98. The van der Waals surface area contributed by atoms with Crippen molar-refractivity contribution in [2.24, 2.45) is 0 Å². The molecule has 0 amide bonds. The van der Waals surface area contributed by atoms with Crippen LogP contribution in [0.3, 0.4) is 0 Å². The van der Waals surface area contributed by atoms with E-state index in [0.717, 1.165) is 37.6 Å². The van der Waals surface area contributed by atoms with Gasteiger partial charge in [-0.2, -0.15) is 0 Å². The highest BCUT2D eigenvalue weighted by atomic mass is 15.2. The highest BCUT2D eigenvalue weighted by Crippen LogP contribution is 2.28. The molecule has 0 atom stereocenters. The van der Waals surface area contributed by atoms with Gasteiger partial charge in [0, 0.05) is 30.9 Å². The summed E-state index contributed by atoms with van der Waals surface area (Å²) in [5.74, 6) is 1.15. The molecule has 1 aliphatic heterocycles. The number of anilines is 1. The zero-order chi connectivity index (χ0) is 14.8. The SMILES string of the molecule is CNCc1c(C)cc(C)nc1N1CCc2ccccc2C1. The third-order valence-electron chi connectivity index (χ3n) is 4.24. The zero-order valence-corrected chi connectivity index (χ0v) is 13.1. The second-order valence-corrected chi connectivity index (χ2v) is 5.85. The van der Waals surface area contributed by atoms with E-state index in [2.05, 4.69) is 54.4 Å². The van der Waals surface area contributed by atoms with Crippen LogP contribution in [0.1, 0.15) is 27.9 Å². The van der Waals surface area contributed by atoms with Crippen molar-refractivity contribution in [1.29, 1.82) is 0 Å². The second-order valence-electron chi connectivity index (χ2n) is 5.85. The molecule has 0 spiro atoms. The van der Waals surface area contributed by atoms with E-state index >= 15 is 0 Å². The number of pyridine rings is 1. The van der Waals surface area contributed by atoms with Gasteiger partial charge in [0.05, 0.1) is 0 Å². The van der Waals surface area contributed by atoms with Gasteiger partial charge in [0.15, 0.2) is 0 Å². The van der Waals surface area contributed by atoms with Crippen LogP contribution in [0.4, 0.5) is 5.82 Å². The quantitative estimate of drug-likeness (QED) is 0.937. The van der Waals surface area contributed by atoms with Crippen LogP contribution in [-0.4, -0.2) is 18.6 Å². The Bertz CT molecular complexity index is 649. The van der Waals surface area contributed by atoms with Gasteiger partial charge in [-0.1, -0.05) is 24.3 Å². The molecule has 1 aliphatic rings. The van der Waals surface area contributed by atoms with E-state index in [9.17, 15) is 0 Å². The van der Waals surface area contributed by atoms with E-state index in [1.165, 1.54) is 22.3 Å². The second kappa shape index (κ2) is 5.86. The molecule has 0 saturated heterocycles. The first-order valence-corrected chi connectivity index (χ1v) is 7.62. The van der Waals surface area contributed by atoms with Gasteiger partial charge < -0.3 is 10.2 Å². The van der Waals surface area contributed by atoms with Crippen LogP contribution in [0.25, 0.3) is 0 Å². The molecule has 0 unspecified atom stereocenters. The lowest BCUT2D eigenvalue weighted by molar-refractivity contribution is 0.704. The first kappa shape index (κ1) is 14.1. The van der Waals surface area contributed by atoms with Gasteiger partial charge in [0.1, 0.15) is 5.82 Å². The molecule has 2 aromatic rings. The number of fused-ring (bicyclic) bond motifs is 1. The third-order valence-corrected chi connectivity index (χ3v) is 4.24. The molecule has 3 nitrogen and oxygen atoms in total. The van der Waals surface area contributed by atoms with Crippen LogP contribution < -0.4 is 10.2 Å². The number of nitrogens with one attached hydrogen (secondary N) is 1. The van der Waals surface area contributed by atoms with Crippen LogP contribution in [0, 0.1) is 13.8 Å². The average molecular weight is 281 g/mol. The lowest BCUT2D eigenvalue weighted by Crippen LogP contribution is -2.32. The number of aromatic nitrogens is 1. The van der Waals surface area contributed by atoms with Crippen molar-refractivity contribution in [3.05, 3.63) is 58.3 Å². The Labute approximate surface area is 127 Å². The summed E-state index contributed by atoms with van der Waals surface area (Å²) in [6, 6.07) is 10.9. The standard InChI is InChI=1S/C18H23N3/c1-13-10-14(2)20-18(17(13)11-19-3)21-9-8-15-6-4-5-7-16(15)12-21/h4-7,10,19H,8-9,11-12H2,1-3H3. The van der Waals surface area contributed by atoms with Crippen molar-refractivity contribution in [3.8, 4) is 0 Å². The summed E-state index contributed by atoms with van der Waals surface area (Å²) in [4.78, 5) is 7.26. The Hall–Kier alpha value is -1.87. The molecule has 1 aromatic carbocycles. The van der Waals surface area contributed by atoms with Crippen LogP contribution in [0.2, 0.25) is 0 Å². The monoisotopic (exact) mass is 281 g/mol. The predicted octanol–water partition coefficient (Wildman–Crippen LogP) is 2.98. The summed E-state index contributed by atoms with van der Waals surface area (Å²) in [5, 5.41) is 3.28. The van der Waals surface area contributed by atoms with Gasteiger partial charge >= 0.3 is 0 Å². The average Bonchev–Trinajstić information content (AvgIpc) is 2.49. The molecule has 3 heteroatoms. The minimum atomic E-state index is 0.868. The van der Waals surface area contributed by atoms with Crippen LogP contribution in [0.15, 0.2) is 30.3 Å². The number of nitrogens with zero attached hydrogens (tertiary/aromatic N) is 2. The zero-order valence-electron chi connectivity index (χ0n) is 13.1. The largest absolute Gasteiger partial charge is 0.352 e. The van der Waals surface area contributed by atoms with Crippen LogP contribution in [-0.2, 0) is 19.5 Å². The van der Waals surface area contributed by atoms with Gasteiger partial charge in [0.25, 0.3) is 0 Å². The lowest BCUT2D eigenvalue weighted by atomic mass is 9.99. The maximum atomic E-state index is 4.84. The smallest absolute Gasteiger partial charge is 0.133 e. The molecule has 0 saturated carbocycles. The highest BCUT2D eigenvalue weighted by molar-refractivity contribution is 5.53. The van der Waals surface area contributed by atoms with Crippen molar-refractivity contribution in [2.75, 3.05) is 18.5 Å². The van der Waals surface area contributed by atoms with Gasteiger partial charge in [-0.15, -0.1) is 0 Å². The van der Waals surface area contributed by atoms with E-state index in [-0.39, 0.29) is 0 Å². The van der Waals surface area contributed by atoms with Crippen molar-refractivity contribution < 1.29 is 0 Å². The lowest BCUT2D eigenvalue weighted by Gasteiger charge is -2.32. The molecule has 0 radical (unpaired) electrons. The van der Waals surface area contributed by atoms with Crippen molar-refractivity contribution in [1.82, 2.24) is 10.3 Å². The van der Waals surface area contributed by atoms with Gasteiger partial charge in [-0.3, -0.25) is 0 Å². The maximum absolute atomic E-state index is 4.84. The van der Waals surface area contributed by atoms with E-state index < -0.39 is 0 Å². The molecule has 0 aliphatic carbocycles. The summed E-state index contributed by atoms with van der Waals surface area (Å²) in [7, 11) is 1.99. The molecule has 1 aromatic heterocycles. The van der Waals surface area contributed by atoms with E-state index in [1.54, 1.807) is 0 Å². The predicted molar refractivity (Wildman–Crippen MR) is 87.7 cm³/mol. The van der Waals surface area contributed by atoms with Gasteiger partial charge in [-0.25, -0.2) is 4.98 Å². The van der Waals surface area contributed by atoms with E-state index in [4.69, 9.17) is 4.98 Å². The summed E-state index contributed by atoms with van der Waals surface area (Å²) >= 11 is 0. The van der Waals surface area contributed by atoms with E-state index in [0.29, 0.717) is 0 Å². The van der Waals surface area contributed by atoms with Crippen molar-refractivity contribution in [3.63, 3.8) is 0 Å². The first-order valence-electron chi connectivity index (χ1n) is 7.62. The summed E-state index contributed by atoms with van der Waals surface area (Å²) in [6.07, 6.45) is 1.10. The number of benzene rings is 1. The Morgan fingerprint density at radius 2 is 1.95 bits per heavy atom. The van der Waals surface area contributed by atoms with Gasteiger partial charge in [0.2, 0.25) is 0 Å². The Kier molecular flexibility index (Phi) is 3.93. The van der Waals surface area contributed by atoms with Crippen LogP contribution in [0.5, 0.6) is 0 Å². The molecule has 0 bridgehead atoms. The number of hydrogen-bond donors (Lipinski definition) is 1. The maximum Gasteiger partial charge on any atom is 0.133 e. The molecule has 2 heterocycles. The molecular formula is C18H23N3. The molecule has 1 N–H and O–H groups in total. The molecule has 110 valence electrons. The fourth-order valence-electron chi connectivity index (χ4n) is 3.18. The number of rotatable bonds is 3. The summed E-state index contributed by atoms with van der Waals surface area (Å²) in [5.41, 5.74) is 6.66. The molecule has 3 rings (SSSR count). The van der Waals surface area contributed by atoms with Crippen molar-refractivity contribution in [2.45, 2.75) is 33.4 Å².